The average molecular weight is 473 g/mol. The molecule has 32 heavy (non-hydrogen) atoms. The fourth-order valence-electron chi connectivity index (χ4n) is 3.37. The second kappa shape index (κ2) is 14.3. The van der Waals surface area contributed by atoms with Crippen LogP contribution in [0.15, 0.2) is 48.5 Å². The molecule has 0 spiro atoms. The van der Waals surface area contributed by atoms with E-state index in [0.717, 1.165) is 32.1 Å². The Morgan fingerprint density at radius 3 is 2.31 bits per heavy atom. The van der Waals surface area contributed by atoms with Crippen LogP contribution < -0.4 is 10.1 Å². The van der Waals surface area contributed by atoms with E-state index in [0.29, 0.717) is 37.1 Å². The van der Waals surface area contributed by atoms with Crippen LogP contribution in [-0.2, 0) is 28.5 Å². The number of hydrogen-bond acceptors (Lipinski definition) is 4. The molecular weight excluding hydrogens is 442 g/mol. The summed E-state index contributed by atoms with van der Waals surface area (Å²) in [6.07, 6.45) is 1.15. The number of alkyl halides is 3. The molecule has 0 aliphatic carbocycles. The zero-order valence-electron chi connectivity index (χ0n) is 18.0. The molecule has 5 nitrogen and oxygen atoms in total. The van der Waals surface area contributed by atoms with Crippen LogP contribution in [0.25, 0.3) is 0 Å². The molecule has 0 saturated carbocycles. The number of hydrogen-bond donors (Lipinski definition) is 2. The van der Waals surface area contributed by atoms with Crippen molar-refractivity contribution in [2.75, 3.05) is 13.2 Å². The summed E-state index contributed by atoms with van der Waals surface area (Å²) in [4.78, 5) is 8.59. The smallest absolute Gasteiger partial charge is 0.405 e. The summed E-state index contributed by atoms with van der Waals surface area (Å²) in [6, 6.07) is 15.1. The minimum atomic E-state index is -4.74. The molecule has 2 aromatic rings. The predicted molar refractivity (Wildman–Crippen MR) is 119 cm³/mol. The number of benzene rings is 2. The van der Waals surface area contributed by atoms with Crippen molar-refractivity contribution < 1.29 is 31.9 Å². The van der Waals surface area contributed by atoms with E-state index in [1.54, 1.807) is 12.1 Å². The minimum Gasteiger partial charge on any atom is -0.405 e. The first-order valence-corrected chi connectivity index (χ1v) is 12.1. The maximum atomic E-state index is 12.9. The highest BCUT2D eigenvalue weighted by atomic mass is 31.1. The van der Waals surface area contributed by atoms with Crippen molar-refractivity contribution >= 4 is 8.25 Å². The van der Waals surface area contributed by atoms with Gasteiger partial charge >= 0.3 is 14.6 Å². The van der Waals surface area contributed by atoms with Crippen LogP contribution in [0.5, 0.6) is 5.75 Å². The van der Waals surface area contributed by atoms with Crippen molar-refractivity contribution in [3.63, 3.8) is 0 Å². The van der Waals surface area contributed by atoms with Gasteiger partial charge in [0, 0.05) is 6.54 Å². The Kier molecular flexibility index (Phi) is 11.8. The molecule has 178 valence electrons. The van der Waals surface area contributed by atoms with Gasteiger partial charge < -0.3 is 19.5 Å². The Morgan fingerprint density at radius 1 is 0.906 bits per heavy atom. The monoisotopic (exact) mass is 473 g/mol. The molecule has 1 atom stereocenters. The van der Waals surface area contributed by atoms with E-state index < -0.39 is 14.6 Å². The lowest BCUT2D eigenvalue weighted by molar-refractivity contribution is -0.274. The van der Waals surface area contributed by atoms with Gasteiger partial charge in [-0.3, -0.25) is 4.57 Å². The van der Waals surface area contributed by atoms with Crippen LogP contribution >= 0.6 is 8.25 Å². The molecule has 2 N–H and O–H groups in total. The zero-order valence-corrected chi connectivity index (χ0v) is 19.0. The maximum absolute atomic E-state index is 12.9. The number of aryl methyl sites for hydroxylation is 2. The maximum Gasteiger partial charge on any atom is 0.573 e. The van der Waals surface area contributed by atoms with Crippen molar-refractivity contribution in [2.45, 2.75) is 57.9 Å². The molecule has 1 unspecified atom stereocenters. The minimum absolute atomic E-state index is 0.147. The van der Waals surface area contributed by atoms with Crippen LogP contribution in [0, 0.1) is 0 Å². The van der Waals surface area contributed by atoms with E-state index in [-0.39, 0.29) is 12.4 Å². The van der Waals surface area contributed by atoms with Gasteiger partial charge in [0.1, 0.15) is 5.75 Å². The van der Waals surface area contributed by atoms with Gasteiger partial charge in [0.2, 0.25) is 0 Å². The lowest BCUT2D eigenvalue weighted by atomic mass is 10.0. The highest BCUT2D eigenvalue weighted by molar-refractivity contribution is 7.32. The van der Waals surface area contributed by atoms with E-state index in [9.17, 15) is 17.7 Å². The van der Waals surface area contributed by atoms with Crippen molar-refractivity contribution in [3.8, 4) is 5.75 Å². The second-order valence-electron chi connectivity index (χ2n) is 7.53. The summed E-state index contributed by atoms with van der Waals surface area (Å²) >= 11 is 0. The Balaban J connectivity index is 1.78. The Bertz CT molecular complexity index is 819. The number of ether oxygens (including phenoxy) is 1. The number of rotatable bonds is 15. The zero-order chi connectivity index (χ0) is 23.2. The lowest BCUT2D eigenvalue weighted by Gasteiger charge is -2.15. The van der Waals surface area contributed by atoms with Crippen LogP contribution in [0.2, 0.25) is 0 Å². The topological polar surface area (TPSA) is 67.8 Å². The predicted octanol–water partition coefficient (Wildman–Crippen LogP) is 5.81. The quantitative estimate of drug-likeness (QED) is 0.252. The molecule has 0 bridgehead atoms. The number of halogens is 3. The SMILES string of the molecule is O=[PH](O)OCCCNCc1ccc(CCCCCCc2ccccc2)c(OC(F)(F)F)c1. The average Bonchev–Trinajstić information content (AvgIpc) is 2.73. The Hall–Kier alpha value is -1.86. The van der Waals surface area contributed by atoms with Gasteiger partial charge in [0.05, 0.1) is 6.61 Å². The third-order valence-corrected chi connectivity index (χ3v) is 5.37. The molecule has 0 aliphatic heterocycles. The molecular formula is C23H31F3NO4P. The summed E-state index contributed by atoms with van der Waals surface area (Å²) in [6.45, 7) is 1.02. The fourth-order valence-corrected chi connectivity index (χ4v) is 3.69. The van der Waals surface area contributed by atoms with Gasteiger partial charge in [0.15, 0.2) is 0 Å². The molecule has 0 amide bonds. The van der Waals surface area contributed by atoms with Gasteiger partial charge in [-0.15, -0.1) is 13.2 Å². The first kappa shape index (κ1) is 26.4. The van der Waals surface area contributed by atoms with E-state index in [2.05, 4.69) is 26.7 Å². The highest BCUT2D eigenvalue weighted by Crippen LogP contribution is 2.29. The Labute approximate surface area is 187 Å². The number of unbranched alkanes of at least 4 members (excludes halogenated alkanes) is 3. The summed E-state index contributed by atoms with van der Waals surface area (Å²) in [5.41, 5.74) is 2.53. The standard InChI is InChI=1S/C23H31F3NO4P/c24-23(25,26)31-22-17-20(18-27-15-8-16-30-32(28)29)13-14-21(22)12-7-2-1-4-9-19-10-5-3-6-11-19/h3,5-6,10-11,13-14,17,27,32H,1-2,4,7-9,12,15-16,18H2,(H,28,29). The van der Waals surface area contributed by atoms with Crippen molar-refractivity contribution in [1.82, 2.24) is 5.32 Å². The molecule has 0 fully saturated rings. The summed E-state index contributed by atoms with van der Waals surface area (Å²) in [5, 5.41) is 3.08. The first-order chi connectivity index (χ1) is 15.3. The second-order valence-corrected chi connectivity index (χ2v) is 8.35. The molecule has 0 aromatic heterocycles. The van der Waals surface area contributed by atoms with Crippen LogP contribution in [-0.4, -0.2) is 24.4 Å². The summed E-state index contributed by atoms with van der Waals surface area (Å²) in [7, 11) is -2.93. The highest BCUT2D eigenvalue weighted by Gasteiger charge is 2.32. The van der Waals surface area contributed by atoms with Gasteiger partial charge in [0.25, 0.3) is 0 Å². The van der Waals surface area contributed by atoms with Crippen molar-refractivity contribution in [1.29, 1.82) is 0 Å². The third kappa shape index (κ3) is 11.7. The van der Waals surface area contributed by atoms with E-state index in [4.69, 9.17) is 4.89 Å². The molecule has 2 aromatic carbocycles. The molecule has 9 heteroatoms. The molecule has 0 aliphatic rings. The molecule has 0 radical (unpaired) electrons. The van der Waals surface area contributed by atoms with Gasteiger partial charge in [-0.1, -0.05) is 55.3 Å². The van der Waals surface area contributed by atoms with Crippen LogP contribution in [0.4, 0.5) is 13.2 Å². The van der Waals surface area contributed by atoms with Crippen LogP contribution in [0.1, 0.15) is 48.8 Å². The number of nitrogens with one attached hydrogen (secondary N) is 1. The van der Waals surface area contributed by atoms with E-state index in [1.807, 2.05) is 18.2 Å². The van der Waals surface area contributed by atoms with Crippen molar-refractivity contribution in [2.24, 2.45) is 0 Å². The van der Waals surface area contributed by atoms with Crippen LogP contribution in [0.3, 0.4) is 0 Å². The third-order valence-electron chi connectivity index (χ3n) is 4.91. The summed E-state index contributed by atoms with van der Waals surface area (Å²) < 4.78 is 57.9. The van der Waals surface area contributed by atoms with E-state index in [1.165, 1.54) is 11.6 Å². The van der Waals surface area contributed by atoms with Gasteiger partial charge in [-0.25, -0.2) is 0 Å². The largest absolute Gasteiger partial charge is 0.573 e. The molecule has 0 heterocycles. The van der Waals surface area contributed by atoms with Gasteiger partial charge in [-0.2, -0.15) is 0 Å². The fraction of sp³-hybridized carbons (Fsp3) is 0.478. The van der Waals surface area contributed by atoms with Crippen molar-refractivity contribution in [3.05, 3.63) is 65.2 Å². The first-order valence-electron chi connectivity index (χ1n) is 10.8. The molecule has 0 saturated heterocycles. The van der Waals surface area contributed by atoms with E-state index >= 15 is 0 Å². The normalized spacial score (nSPS) is 12.6. The molecule has 2 rings (SSSR count). The Morgan fingerprint density at radius 2 is 1.62 bits per heavy atom. The summed E-state index contributed by atoms with van der Waals surface area (Å²) in [5.74, 6) is -0.150. The lowest BCUT2D eigenvalue weighted by Crippen LogP contribution is -2.19. The van der Waals surface area contributed by atoms with Gasteiger partial charge in [-0.05, 0) is 61.4 Å².